The summed E-state index contributed by atoms with van der Waals surface area (Å²) in [6.45, 7) is 0.947. The van der Waals surface area contributed by atoms with E-state index in [1.165, 1.54) is 46.4 Å². The quantitative estimate of drug-likeness (QED) is 0.896. The molecule has 0 bridgehead atoms. The minimum absolute atomic E-state index is 0.243. The molecule has 3 heterocycles. The Balaban J connectivity index is 1.59. The van der Waals surface area contributed by atoms with E-state index in [9.17, 15) is 0 Å². The standard InChI is InChI=1S/C16H21NOS2/c1-17-15(14-9-13-12(20-14)4-8-19-13)11-3-7-18-16(10-11)5-2-6-16/h4,8-9,11,15,17H,2-3,5-7,10H2,1H3. The van der Waals surface area contributed by atoms with E-state index in [0.717, 1.165) is 12.5 Å². The van der Waals surface area contributed by atoms with Gasteiger partial charge in [-0.05, 0) is 62.6 Å². The Labute approximate surface area is 128 Å². The monoisotopic (exact) mass is 307 g/mol. The van der Waals surface area contributed by atoms with E-state index < -0.39 is 0 Å². The first-order valence-corrected chi connectivity index (χ1v) is 9.27. The molecule has 4 rings (SSSR count). The third-order valence-corrected chi connectivity index (χ3v) is 7.22. The zero-order valence-corrected chi connectivity index (χ0v) is 13.5. The average Bonchev–Trinajstić information content (AvgIpc) is 2.99. The van der Waals surface area contributed by atoms with Crippen molar-refractivity contribution in [1.82, 2.24) is 5.32 Å². The smallest absolute Gasteiger partial charge is 0.0686 e. The fraction of sp³-hybridized carbons (Fsp3) is 0.625. The van der Waals surface area contributed by atoms with Crippen LogP contribution in [0.1, 0.15) is 43.0 Å². The third kappa shape index (κ3) is 2.13. The maximum atomic E-state index is 6.08. The Morgan fingerprint density at radius 2 is 2.30 bits per heavy atom. The molecule has 2 unspecified atom stereocenters. The summed E-state index contributed by atoms with van der Waals surface area (Å²) in [5, 5.41) is 5.78. The van der Waals surface area contributed by atoms with Crippen molar-refractivity contribution in [2.24, 2.45) is 5.92 Å². The number of thiophene rings is 2. The topological polar surface area (TPSA) is 21.3 Å². The highest BCUT2D eigenvalue weighted by Gasteiger charge is 2.44. The lowest BCUT2D eigenvalue weighted by Gasteiger charge is -2.48. The Morgan fingerprint density at radius 1 is 1.40 bits per heavy atom. The van der Waals surface area contributed by atoms with Crippen LogP contribution in [-0.4, -0.2) is 19.3 Å². The molecule has 2 nitrogen and oxygen atoms in total. The van der Waals surface area contributed by atoms with Gasteiger partial charge in [-0.2, -0.15) is 0 Å². The van der Waals surface area contributed by atoms with Crippen molar-refractivity contribution in [2.75, 3.05) is 13.7 Å². The Hall–Kier alpha value is -0.420. The van der Waals surface area contributed by atoms with Crippen molar-refractivity contribution in [3.8, 4) is 0 Å². The maximum Gasteiger partial charge on any atom is 0.0686 e. The van der Waals surface area contributed by atoms with Gasteiger partial charge in [0.15, 0.2) is 0 Å². The van der Waals surface area contributed by atoms with Gasteiger partial charge in [0.2, 0.25) is 0 Å². The molecule has 1 aliphatic carbocycles. The molecule has 2 aromatic heterocycles. The summed E-state index contributed by atoms with van der Waals surface area (Å²) < 4.78 is 8.96. The van der Waals surface area contributed by atoms with Crippen LogP contribution in [0.3, 0.4) is 0 Å². The Bertz CT molecular complexity index is 570. The number of hydrogen-bond acceptors (Lipinski definition) is 4. The van der Waals surface area contributed by atoms with Crippen molar-refractivity contribution in [2.45, 2.75) is 43.7 Å². The molecule has 1 aliphatic heterocycles. The second kappa shape index (κ2) is 5.09. The third-order valence-electron chi connectivity index (χ3n) is 5.04. The van der Waals surface area contributed by atoms with E-state index in [0.29, 0.717) is 6.04 Å². The van der Waals surface area contributed by atoms with Crippen molar-refractivity contribution in [3.05, 3.63) is 22.4 Å². The summed E-state index contributed by atoms with van der Waals surface area (Å²) in [5.74, 6) is 0.724. The molecule has 0 amide bonds. The number of hydrogen-bond donors (Lipinski definition) is 1. The van der Waals surface area contributed by atoms with E-state index in [1.807, 2.05) is 22.7 Å². The zero-order chi connectivity index (χ0) is 13.6. The largest absolute Gasteiger partial charge is 0.375 e. The van der Waals surface area contributed by atoms with Crippen LogP contribution < -0.4 is 5.32 Å². The summed E-state index contributed by atoms with van der Waals surface area (Å²) in [5.41, 5.74) is 0.243. The molecular weight excluding hydrogens is 286 g/mol. The van der Waals surface area contributed by atoms with E-state index in [1.54, 1.807) is 0 Å². The number of fused-ring (bicyclic) bond motifs is 1. The SMILES string of the molecule is CNC(c1cc2sccc2s1)C1CCOC2(CCC2)C1. The Kier molecular flexibility index (Phi) is 3.38. The summed E-state index contributed by atoms with van der Waals surface area (Å²) >= 11 is 3.82. The number of rotatable bonds is 3. The predicted molar refractivity (Wildman–Crippen MR) is 86.8 cm³/mol. The van der Waals surface area contributed by atoms with Crippen LogP contribution in [0.5, 0.6) is 0 Å². The van der Waals surface area contributed by atoms with Gasteiger partial charge in [-0.15, -0.1) is 22.7 Å². The first kappa shape index (κ1) is 13.3. The van der Waals surface area contributed by atoms with Gasteiger partial charge in [-0.25, -0.2) is 0 Å². The molecule has 1 saturated heterocycles. The first-order valence-electron chi connectivity index (χ1n) is 7.58. The lowest BCUT2D eigenvalue weighted by atomic mass is 9.70. The zero-order valence-electron chi connectivity index (χ0n) is 11.9. The fourth-order valence-corrected chi connectivity index (χ4v) is 6.14. The highest BCUT2D eigenvalue weighted by Crippen LogP contribution is 2.48. The van der Waals surface area contributed by atoms with E-state index >= 15 is 0 Å². The molecule has 108 valence electrons. The van der Waals surface area contributed by atoms with Gasteiger partial charge in [0.1, 0.15) is 0 Å². The number of nitrogens with one attached hydrogen (secondary N) is 1. The van der Waals surface area contributed by atoms with Crippen LogP contribution in [0.2, 0.25) is 0 Å². The average molecular weight is 307 g/mol. The van der Waals surface area contributed by atoms with Gasteiger partial charge in [0, 0.05) is 26.9 Å². The van der Waals surface area contributed by atoms with Crippen molar-refractivity contribution < 1.29 is 4.74 Å². The van der Waals surface area contributed by atoms with Crippen LogP contribution in [-0.2, 0) is 4.74 Å². The van der Waals surface area contributed by atoms with Crippen LogP contribution in [0.25, 0.3) is 9.40 Å². The molecule has 2 fully saturated rings. The van der Waals surface area contributed by atoms with Crippen LogP contribution in [0.15, 0.2) is 17.5 Å². The van der Waals surface area contributed by atoms with E-state index in [2.05, 4.69) is 29.9 Å². The molecule has 0 aromatic carbocycles. The van der Waals surface area contributed by atoms with Gasteiger partial charge >= 0.3 is 0 Å². The molecule has 0 radical (unpaired) electrons. The molecule has 1 spiro atoms. The van der Waals surface area contributed by atoms with E-state index in [-0.39, 0.29) is 5.60 Å². The lowest BCUT2D eigenvalue weighted by molar-refractivity contribution is -0.147. The highest BCUT2D eigenvalue weighted by molar-refractivity contribution is 7.26. The van der Waals surface area contributed by atoms with Gasteiger partial charge in [0.05, 0.1) is 5.60 Å². The van der Waals surface area contributed by atoms with E-state index in [4.69, 9.17) is 4.74 Å². The van der Waals surface area contributed by atoms with Crippen molar-refractivity contribution in [1.29, 1.82) is 0 Å². The van der Waals surface area contributed by atoms with Crippen LogP contribution in [0.4, 0.5) is 0 Å². The number of ether oxygens (including phenoxy) is 1. The fourth-order valence-electron chi connectivity index (χ4n) is 3.82. The minimum atomic E-state index is 0.243. The predicted octanol–water partition coefficient (Wildman–Crippen LogP) is 4.57. The summed E-state index contributed by atoms with van der Waals surface area (Å²) in [7, 11) is 2.11. The molecule has 20 heavy (non-hydrogen) atoms. The second-order valence-corrected chi connectivity index (χ2v) is 8.27. The molecule has 2 aromatic rings. The van der Waals surface area contributed by atoms with Gasteiger partial charge in [0.25, 0.3) is 0 Å². The second-order valence-electron chi connectivity index (χ2n) is 6.20. The van der Waals surface area contributed by atoms with Crippen LogP contribution >= 0.6 is 22.7 Å². The van der Waals surface area contributed by atoms with Crippen LogP contribution in [0, 0.1) is 5.92 Å². The van der Waals surface area contributed by atoms with Crippen molar-refractivity contribution in [3.63, 3.8) is 0 Å². The summed E-state index contributed by atoms with van der Waals surface area (Å²) in [4.78, 5) is 1.51. The maximum absolute atomic E-state index is 6.08. The highest BCUT2D eigenvalue weighted by atomic mass is 32.1. The summed E-state index contributed by atoms with van der Waals surface area (Å²) in [6.07, 6.45) is 6.34. The Morgan fingerprint density at radius 3 is 3.00 bits per heavy atom. The van der Waals surface area contributed by atoms with Crippen molar-refractivity contribution >= 4 is 32.1 Å². The van der Waals surface area contributed by atoms with Gasteiger partial charge in [-0.3, -0.25) is 0 Å². The molecule has 4 heteroatoms. The summed E-state index contributed by atoms with van der Waals surface area (Å²) in [6, 6.07) is 5.15. The lowest BCUT2D eigenvalue weighted by Crippen LogP contribution is -2.47. The molecule has 2 aliphatic rings. The first-order chi connectivity index (χ1) is 9.80. The van der Waals surface area contributed by atoms with Gasteiger partial charge < -0.3 is 10.1 Å². The molecule has 1 N–H and O–H groups in total. The molecular formula is C16H21NOS2. The molecule has 1 saturated carbocycles. The molecule has 2 atom stereocenters. The van der Waals surface area contributed by atoms with Gasteiger partial charge in [-0.1, -0.05) is 0 Å². The normalized spacial score (nSPS) is 26.8. The minimum Gasteiger partial charge on any atom is -0.375 e.